The lowest BCUT2D eigenvalue weighted by Gasteiger charge is -2.30. The molecular formula is C22H21FO4. The van der Waals surface area contributed by atoms with E-state index in [1.807, 2.05) is 24.3 Å². The average Bonchev–Trinajstić information content (AvgIpc) is 2.67. The van der Waals surface area contributed by atoms with Gasteiger partial charge in [0.1, 0.15) is 17.5 Å². The van der Waals surface area contributed by atoms with Gasteiger partial charge in [-0.3, -0.25) is 9.59 Å². The van der Waals surface area contributed by atoms with Crippen LogP contribution in [0.15, 0.2) is 54.6 Å². The average molecular weight is 368 g/mol. The Morgan fingerprint density at radius 2 is 1.96 bits per heavy atom. The number of benzene rings is 2. The predicted molar refractivity (Wildman–Crippen MR) is 99.9 cm³/mol. The standard InChI is InChI=1S/C22H21FO4/c1-3-27-22(25)21-18(14-7-6-8-16(23)11-14)12-15(13-19(21)24)17-9-4-5-10-20(17)26-2/h4-11,13,18,21H,3,12H2,1-2H3/t18-,21-/m0/s1. The van der Waals surface area contributed by atoms with Crippen molar-refractivity contribution in [3.8, 4) is 5.75 Å². The minimum Gasteiger partial charge on any atom is -0.496 e. The molecule has 2 atom stereocenters. The summed E-state index contributed by atoms with van der Waals surface area (Å²) in [5.74, 6) is -2.16. The molecular weight excluding hydrogens is 347 g/mol. The number of rotatable bonds is 5. The van der Waals surface area contributed by atoms with Crippen molar-refractivity contribution >= 4 is 17.3 Å². The van der Waals surface area contributed by atoms with E-state index in [9.17, 15) is 14.0 Å². The van der Waals surface area contributed by atoms with E-state index >= 15 is 0 Å². The van der Waals surface area contributed by atoms with Crippen LogP contribution in [0.3, 0.4) is 0 Å². The minimum absolute atomic E-state index is 0.182. The van der Waals surface area contributed by atoms with Gasteiger partial charge >= 0.3 is 5.97 Å². The summed E-state index contributed by atoms with van der Waals surface area (Å²) in [6, 6.07) is 13.4. The maximum Gasteiger partial charge on any atom is 0.317 e. The van der Waals surface area contributed by atoms with E-state index in [2.05, 4.69) is 0 Å². The number of hydrogen-bond acceptors (Lipinski definition) is 4. The van der Waals surface area contributed by atoms with Crippen LogP contribution in [0.5, 0.6) is 5.75 Å². The van der Waals surface area contributed by atoms with E-state index in [0.29, 0.717) is 17.7 Å². The molecule has 2 aromatic carbocycles. The fraction of sp³-hybridized carbons (Fsp3) is 0.273. The Morgan fingerprint density at radius 1 is 1.19 bits per heavy atom. The maximum atomic E-state index is 13.8. The van der Waals surface area contributed by atoms with Crippen LogP contribution in [0.25, 0.3) is 5.57 Å². The van der Waals surface area contributed by atoms with E-state index in [-0.39, 0.29) is 12.4 Å². The molecule has 0 saturated heterocycles. The van der Waals surface area contributed by atoms with Crippen molar-refractivity contribution in [3.63, 3.8) is 0 Å². The second kappa shape index (κ2) is 8.16. The highest BCUT2D eigenvalue weighted by Crippen LogP contribution is 2.42. The Labute approximate surface area is 157 Å². The number of carbonyl (C=O) groups excluding carboxylic acids is 2. The second-order valence-electron chi connectivity index (χ2n) is 6.37. The molecule has 0 unspecified atom stereocenters. The summed E-state index contributed by atoms with van der Waals surface area (Å²) in [5, 5.41) is 0. The van der Waals surface area contributed by atoms with Crippen LogP contribution in [-0.2, 0) is 14.3 Å². The monoisotopic (exact) mass is 368 g/mol. The van der Waals surface area contributed by atoms with Crippen molar-refractivity contribution in [1.82, 2.24) is 0 Å². The van der Waals surface area contributed by atoms with Gasteiger partial charge in [0.05, 0.1) is 13.7 Å². The largest absolute Gasteiger partial charge is 0.496 e. The number of para-hydroxylation sites is 1. The van der Waals surface area contributed by atoms with Gasteiger partial charge in [0, 0.05) is 11.5 Å². The Hall–Kier alpha value is -2.95. The quantitative estimate of drug-likeness (QED) is 0.588. The molecule has 0 aliphatic heterocycles. The SMILES string of the molecule is CCOC(=O)[C@@H]1C(=O)C=C(c2ccccc2OC)C[C@H]1c1cccc(F)c1. The third-order valence-electron chi connectivity index (χ3n) is 4.74. The number of allylic oxidation sites excluding steroid dienone is 2. The van der Waals surface area contributed by atoms with Crippen LogP contribution in [0.1, 0.15) is 30.4 Å². The first kappa shape index (κ1) is 18.8. The second-order valence-corrected chi connectivity index (χ2v) is 6.37. The molecule has 4 nitrogen and oxygen atoms in total. The molecule has 1 aliphatic rings. The van der Waals surface area contributed by atoms with Gasteiger partial charge in [-0.05, 0) is 48.8 Å². The minimum atomic E-state index is -0.981. The van der Waals surface area contributed by atoms with Crippen LogP contribution in [0.4, 0.5) is 4.39 Å². The van der Waals surface area contributed by atoms with Gasteiger partial charge in [0.2, 0.25) is 0 Å². The van der Waals surface area contributed by atoms with Crippen molar-refractivity contribution < 1.29 is 23.5 Å². The smallest absolute Gasteiger partial charge is 0.317 e. The first-order valence-corrected chi connectivity index (χ1v) is 8.85. The molecule has 0 heterocycles. The number of carbonyl (C=O) groups is 2. The van der Waals surface area contributed by atoms with E-state index in [1.54, 1.807) is 26.2 Å². The molecule has 0 aromatic heterocycles. The highest BCUT2D eigenvalue weighted by molar-refractivity contribution is 6.11. The first-order chi connectivity index (χ1) is 13.0. The first-order valence-electron chi connectivity index (χ1n) is 8.85. The van der Waals surface area contributed by atoms with Crippen LogP contribution >= 0.6 is 0 Å². The molecule has 0 N–H and O–H groups in total. The van der Waals surface area contributed by atoms with Gasteiger partial charge < -0.3 is 9.47 Å². The molecule has 0 amide bonds. The molecule has 0 radical (unpaired) electrons. The van der Waals surface area contributed by atoms with Crippen LogP contribution in [0.2, 0.25) is 0 Å². The van der Waals surface area contributed by atoms with Gasteiger partial charge in [0.15, 0.2) is 5.78 Å². The third kappa shape index (κ3) is 3.92. The third-order valence-corrected chi connectivity index (χ3v) is 4.74. The molecule has 2 aromatic rings. The Morgan fingerprint density at radius 3 is 2.67 bits per heavy atom. The predicted octanol–water partition coefficient (Wildman–Crippen LogP) is 4.15. The molecule has 5 heteroatoms. The summed E-state index contributed by atoms with van der Waals surface area (Å²) in [7, 11) is 1.56. The number of methoxy groups -OCH3 is 1. The summed E-state index contributed by atoms with van der Waals surface area (Å²) in [6.45, 7) is 1.88. The maximum absolute atomic E-state index is 13.8. The molecule has 0 bridgehead atoms. The normalized spacial score (nSPS) is 19.4. The van der Waals surface area contributed by atoms with Crippen molar-refractivity contribution in [3.05, 3.63) is 71.6 Å². The summed E-state index contributed by atoms with van der Waals surface area (Å²) >= 11 is 0. The van der Waals surface area contributed by atoms with Gasteiger partial charge in [0.25, 0.3) is 0 Å². The Kier molecular flexibility index (Phi) is 5.69. The Bertz CT molecular complexity index is 887. The van der Waals surface area contributed by atoms with E-state index in [1.165, 1.54) is 18.2 Å². The summed E-state index contributed by atoms with van der Waals surface area (Å²) < 4.78 is 24.3. The summed E-state index contributed by atoms with van der Waals surface area (Å²) in [6.07, 6.45) is 1.88. The highest BCUT2D eigenvalue weighted by atomic mass is 19.1. The van der Waals surface area contributed by atoms with E-state index in [4.69, 9.17) is 9.47 Å². The van der Waals surface area contributed by atoms with Crippen LogP contribution in [0, 0.1) is 11.7 Å². The fourth-order valence-electron chi connectivity index (χ4n) is 3.53. The number of ether oxygens (including phenoxy) is 2. The lowest BCUT2D eigenvalue weighted by Crippen LogP contribution is -2.34. The van der Waals surface area contributed by atoms with Crippen molar-refractivity contribution in [2.24, 2.45) is 5.92 Å². The number of ketones is 1. The number of hydrogen-bond donors (Lipinski definition) is 0. The molecule has 27 heavy (non-hydrogen) atoms. The van der Waals surface area contributed by atoms with Crippen molar-refractivity contribution in [2.75, 3.05) is 13.7 Å². The molecule has 0 fully saturated rings. The molecule has 3 rings (SSSR count). The molecule has 1 aliphatic carbocycles. The zero-order valence-corrected chi connectivity index (χ0v) is 15.3. The molecule has 0 saturated carbocycles. The van der Waals surface area contributed by atoms with Crippen LogP contribution < -0.4 is 4.74 Å². The lowest BCUT2D eigenvalue weighted by molar-refractivity contribution is -0.151. The van der Waals surface area contributed by atoms with Gasteiger partial charge in [-0.25, -0.2) is 4.39 Å². The zero-order chi connectivity index (χ0) is 19.4. The van der Waals surface area contributed by atoms with Gasteiger partial charge in [-0.1, -0.05) is 30.3 Å². The Balaban J connectivity index is 2.07. The fourth-order valence-corrected chi connectivity index (χ4v) is 3.53. The zero-order valence-electron chi connectivity index (χ0n) is 15.3. The topological polar surface area (TPSA) is 52.6 Å². The van der Waals surface area contributed by atoms with Gasteiger partial charge in [-0.2, -0.15) is 0 Å². The van der Waals surface area contributed by atoms with Crippen LogP contribution in [-0.4, -0.2) is 25.5 Å². The molecule has 140 valence electrons. The van der Waals surface area contributed by atoms with Crippen molar-refractivity contribution in [1.29, 1.82) is 0 Å². The summed E-state index contributed by atoms with van der Waals surface area (Å²) in [5.41, 5.74) is 2.14. The number of esters is 1. The highest BCUT2D eigenvalue weighted by Gasteiger charge is 2.40. The van der Waals surface area contributed by atoms with Gasteiger partial charge in [-0.15, -0.1) is 0 Å². The number of halogens is 1. The lowest BCUT2D eigenvalue weighted by atomic mass is 9.73. The summed E-state index contributed by atoms with van der Waals surface area (Å²) in [4.78, 5) is 25.3. The van der Waals surface area contributed by atoms with E-state index < -0.39 is 23.6 Å². The van der Waals surface area contributed by atoms with E-state index in [0.717, 1.165) is 11.1 Å². The van der Waals surface area contributed by atoms with Crippen molar-refractivity contribution in [2.45, 2.75) is 19.3 Å². The molecule has 0 spiro atoms.